The minimum Gasteiger partial charge on any atom is -0.492 e. The molecule has 0 bridgehead atoms. The fourth-order valence-electron chi connectivity index (χ4n) is 3.65. The van der Waals surface area contributed by atoms with Crippen molar-refractivity contribution in [2.75, 3.05) is 47.5 Å². The van der Waals surface area contributed by atoms with E-state index in [2.05, 4.69) is 17.3 Å². The van der Waals surface area contributed by atoms with Crippen LogP contribution in [0.3, 0.4) is 0 Å². The number of rotatable bonds is 10. The van der Waals surface area contributed by atoms with Gasteiger partial charge in [0, 0.05) is 52.0 Å². The van der Waals surface area contributed by atoms with Crippen LogP contribution in [0.15, 0.2) is 53.4 Å². The van der Waals surface area contributed by atoms with Gasteiger partial charge >= 0.3 is 0 Å². The van der Waals surface area contributed by atoms with Gasteiger partial charge in [-0.05, 0) is 55.8 Å². The second-order valence-corrected chi connectivity index (χ2v) is 10.5. The first-order valence-electron chi connectivity index (χ1n) is 11.1. The van der Waals surface area contributed by atoms with Crippen LogP contribution in [0.25, 0.3) is 0 Å². The minimum absolute atomic E-state index is 0.0845. The van der Waals surface area contributed by atoms with Crippen LogP contribution in [0.4, 0.5) is 0 Å². The molecule has 1 aliphatic heterocycles. The molecule has 1 aliphatic rings. The fourth-order valence-corrected chi connectivity index (χ4v) is 4.60. The molecular weight excluding hydrogens is 442 g/mol. The Hall–Kier alpha value is -2.46. The van der Waals surface area contributed by atoms with E-state index in [-0.39, 0.29) is 10.8 Å². The summed E-state index contributed by atoms with van der Waals surface area (Å²) in [6, 6.07) is 14.2. The Morgan fingerprint density at radius 1 is 1.09 bits per heavy atom. The van der Waals surface area contributed by atoms with Gasteiger partial charge in [0.15, 0.2) is 0 Å². The fraction of sp³-hybridized carbons (Fsp3) is 0.458. The third-order valence-corrected chi connectivity index (χ3v) is 7.56. The Kier molecular flexibility index (Phi) is 8.85. The molecule has 0 spiro atoms. The molecule has 2 aromatic rings. The van der Waals surface area contributed by atoms with E-state index in [0.717, 1.165) is 48.2 Å². The van der Waals surface area contributed by atoms with E-state index in [1.807, 2.05) is 24.3 Å². The quantitative estimate of drug-likeness (QED) is 0.568. The molecule has 3 rings (SSSR count). The number of amides is 1. The van der Waals surface area contributed by atoms with Crippen molar-refractivity contribution in [2.24, 2.45) is 0 Å². The van der Waals surface area contributed by atoms with Crippen LogP contribution in [-0.4, -0.2) is 77.1 Å². The Balaban J connectivity index is 1.52. The highest BCUT2D eigenvalue weighted by molar-refractivity contribution is 7.89. The molecule has 1 amide bonds. The van der Waals surface area contributed by atoms with Crippen molar-refractivity contribution in [1.82, 2.24) is 14.5 Å². The van der Waals surface area contributed by atoms with E-state index in [1.165, 1.54) is 26.2 Å². The molecule has 1 saturated heterocycles. The lowest BCUT2D eigenvalue weighted by atomic mass is 10.1. The average Bonchev–Trinajstić information content (AvgIpc) is 2.83. The topological polar surface area (TPSA) is 88.2 Å². The molecule has 0 saturated carbocycles. The molecule has 0 aliphatic carbocycles. The number of ether oxygens (including phenoxy) is 2. The second-order valence-electron chi connectivity index (χ2n) is 8.32. The molecule has 33 heavy (non-hydrogen) atoms. The van der Waals surface area contributed by atoms with Gasteiger partial charge < -0.3 is 14.8 Å². The third kappa shape index (κ3) is 7.01. The summed E-state index contributed by atoms with van der Waals surface area (Å²) in [6.07, 6.45) is 2.10. The zero-order valence-electron chi connectivity index (χ0n) is 19.5. The summed E-state index contributed by atoms with van der Waals surface area (Å²) < 4.78 is 37.1. The van der Waals surface area contributed by atoms with Gasteiger partial charge in [0.1, 0.15) is 12.4 Å². The zero-order valence-corrected chi connectivity index (χ0v) is 20.3. The molecule has 1 fully saturated rings. The van der Waals surface area contributed by atoms with Gasteiger partial charge in [0.2, 0.25) is 10.0 Å². The van der Waals surface area contributed by atoms with Gasteiger partial charge in [0.05, 0.1) is 4.90 Å². The van der Waals surface area contributed by atoms with Crippen LogP contribution < -0.4 is 10.1 Å². The van der Waals surface area contributed by atoms with E-state index >= 15 is 0 Å². The summed E-state index contributed by atoms with van der Waals surface area (Å²) >= 11 is 0. The van der Waals surface area contributed by atoms with E-state index in [1.54, 1.807) is 12.1 Å². The van der Waals surface area contributed by atoms with Crippen LogP contribution in [-0.2, 0) is 21.3 Å². The lowest BCUT2D eigenvalue weighted by molar-refractivity contribution is 0.0392. The van der Waals surface area contributed by atoms with Gasteiger partial charge in [-0.3, -0.25) is 9.69 Å². The third-order valence-electron chi connectivity index (χ3n) is 5.75. The molecule has 2 aromatic carbocycles. The Labute approximate surface area is 196 Å². The van der Waals surface area contributed by atoms with Crippen molar-refractivity contribution >= 4 is 15.9 Å². The highest BCUT2D eigenvalue weighted by Gasteiger charge is 2.19. The zero-order chi connectivity index (χ0) is 23.8. The summed E-state index contributed by atoms with van der Waals surface area (Å²) in [5, 5.41) is 2.84. The number of carbonyl (C=O) groups excluding carboxylic acids is 1. The summed E-state index contributed by atoms with van der Waals surface area (Å²) in [5.74, 6) is 0.413. The second kappa shape index (κ2) is 11.6. The number of carbonyl (C=O) groups is 1. The highest BCUT2D eigenvalue weighted by atomic mass is 32.2. The first-order chi connectivity index (χ1) is 15.8. The number of sulfonamides is 1. The molecule has 0 atom stereocenters. The summed E-state index contributed by atoms with van der Waals surface area (Å²) in [7, 11) is 1.43. The maximum absolute atomic E-state index is 12.6. The van der Waals surface area contributed by atoms with Crippen LogP contribution in [0, 0.1) is 0 Å². The molecule has 180 valence electrons. The first kappa shape index (κ1) is 25.2. The Morgan fingerprint density at radius 3 is 2.55 bits per heavy atom. The maximum atomic E-state index is 12.6. The van der Waals surface area contributed by atoms with Crippen LogP contribution in [0.1, 0.15) is 28.8 Å². The first-order valence-corrected chi connectivity index (χ1v) is 12.5. The van der Waals surface area contributed by atoms with Crippen molar-refractivity contribution in [3.8, 4) is 5.75 Å². The molecular formula is C24H33N3O5S. The van der Waals surface area contributed by atoms with Gasteiger partial charge in [0.25, 0.3) is 5.91 Å². The average molecular weight is 476 g/mol. The van der Waals surface area contributed by atoms with Crippen molar-refractivity contribution in [2.45, 2.75) is 30.3 Å². The molecule has 8 nitrogen and oxygen atoms in total. The van der Waals surface area contributed by atoms with Crippen molar-refractivity contribution in [3.63, 3.8) is 0 Å². The SMILES string of the molecule is CN(CCOc1cccc(CNC(=O)c2cccc(S(=O)(=O)N(C)C)c2)c1)C1CCOCC1. The van der Waals surface area contributed by atoms with Gasteiger partial charge in [-0.1, -0.05) is 18.2 Å². The number of nitrogens with zero attached hydrogens (tertiary/aromatic N) is 2. The number of nitrogens with one attached hydrogen (secondary N) is 1. The van der Waals surface area contributed by atoms with E-state index < -0.39 is 10.0 Å². The van der Waals surface area contributed by atoms with E-state index in [9.17, 15) is 13.2 Å². The molecule has 1 heterocycles. The molecule has 1 N–H and O–H groups in total. The summed E-state index contributed by atoms with van der Waals surface area (Å²) in [4.78, 5) is 15.0. The standard InChI is InChI=1S/C24H33N3O5S/c1-26(2)33(29,30)23-9-5-7-20(17-23)24(28)25-18-19-6-4-8-22(16-19)32-15-12-27(3)21-10-13-31-14-11-21/h4-9,16-17,21H,10-15,18H2,1-3H3,(H,25,28). The van der Waals surface area contributed by atoms with E-state index in [4.69, 9.17) is 9.47 Å². The van der Waals surface area contributed by atoms with E-state index in [0.29, 0.717) is 24.8 Å². The van der Waals surface area contributed by atoms with Crippen LogP contribution in [0.2, 0.25) is 0 Å². The maximum Gasteiger partial charge on any atom is 0.251 e. The van der Waals surface area contributed by atoms with Crippen molar-refractivity contribution in [3.05, 3.63) is 59.7 Å². The number of hydrogen-bond donors (Lipinski definition) is 1. The largest absolute Gasteiger partial charge is 0.492 e. The smallest absolute Gasteiger partial charge is 0.251 e. The van der Waals surface area contributed by atoms with Crippen molar-refractivity contribution in [1.29, 1.82) is 0 Å². The Morgan fingerprint density at radius 2 is 1.82 bits per heavy atom. The normalized spacial score (nSPS) is 15.1. The Bertz CT molecular complexity index is 1040. The molecule has 9 heteroatoms. The van der Waals surface area contributed by atoms with Crippen LogP contribution in [0.5, 0.6) is 5.75 Å². The molecule has 0 aromatic heterocycles. The van der Waals surface area contributed by atoms with Crippen molar-refractivity contribution < 1.29 is 22.7 Å². The number of likely N-dealkylation sites (N-methyl/N-ethyl adjacent to an activating group) is 1. The predicted octanol–water partition coefficient (Wildman–Crippen LogP) is 2.36. The molecule has 0 radical (unpaired) electrons. The summed E-state index contributed by atoms with van der Waals surface area (Å²) in [5.41, 5.74) is 1.19. The number of benzene rings is 2. The van der Waals surface area contributed by atoms with Gasteiger partial charge in [-0.15, -0.1) is 0 Å². The lowest BCUT2D eigenvalue weighted by Crippen LogP contribution is -2.38. The van der Waals surface area contributed by atoms with Gasteiger partial charge in [-0.2, -0.15) is 0 Å². The summed E-state index contributed by atoms with van der Waals surface area (Å²) in [6.45, 7) is 3.36. The monoisotopic (exact) mass is 475 g/mol. The minimum atomic E-state index is -3.60. The van der Waals surface area contributed by atoms with Gasteiger partial charge in [-0.25, -0.2) is 12.7 Å². The predicted molar refractivity (Wildman–Crippen MR) is 127 cm³/mol. The van der Waals surface area contributed by atoms with Crippen LogP contribution >= 0.6 is 0 Å². The number of hydrogen-bond acceptors (Lipinski definition) is 6. The molecule has 0 unspecified atom stereocenters. The lowest BCUT2D eigenvalue weighted by Gasteiger charge is -2.31. The highest BCUT2D eigenvalue weighted by Crippen LogP contribution is 2.17.